The molecule has 162 valence electrons. The van der Waals surface area contributed by atoms with Crippen LogP contribution >= 0.6 is 28.1 Å². The quantitative estimate of drug-likeness (QED) is 0.212. The van der Waals surface area contributed by atoms with Gasteiger partial charge in [0, 0.05) is 28.4 Å². The molecule has 0 atom stereocenters. The van der Waals surface area contributed by atoms with Gasteiger partial charge < -0.3 is 35.3 Å². The molecule has 0 bridgehead atoms. The van der Waals surface area contributed by atoms with Crippen LogP contribution in [0, 0.1) is 0 Å². The third kappa shape index (κ3) is 4.18. The number of hydrogen-bond acceptors (Lipinski definition) is 7. The Hall–Kier alpha value is -3.76. The normalized spacial score (nSPS) is 11.6. The Kier molecular flexibility index (Phi) is 5.64. The van der Waals surface area contributed by atoms with Crippen molar-refractivity contribution in [3.63, 3.8) is 0 Å². The van der Waals surface area contributed by atoms with Crippen LogP contribution in [-0.4, -0.2) is 30.6 Å². The van der Waals surface area contributed by atoms with E-state index in [0.717, 1.165) is 16.6 Å². The molecule has 0 fully saturated rings. The van der Waals surface area contributed by atoms with Crippen LogP contribution in [0.3, 0.4) is 0 Å². The van der Waals surface area contributed by atoms with Gasteiger partial charge in [-0.2, -0.15) is 0 Å². The van der Waals surface area contributed by atoms with E-state index < -0.39 is 11.5 Å². The van der Waals surface area contributed by atoms with Gasteiger partial charge in [-0.25, -0.2) is 4.99 Å². The third-order valence-corrected chi connectivity index (χ3v) is 5.21. The molecule has 3 aromatic carbocycles. The van der Waals surface area contributed by atoms with Crippen molar-refractivity contribution in [2.75, 3.05) is 5.32 Å². The first kappa shape index (κ1) is 21.5. The number of phenolic OH excluding ortho intramolecular Hbond substituents is 4. The highest BCUT2D eigenvalue weighted by molar-refractivity contribution is 9.10. The number of rotatable bonds is 2. The zero-order chi connectivity index (χ0) is 23.0. The van der Waals surface area contributed by atoms with Crippen LogP contribution in [0.2, 0.25) is 0 Å². The van der Waals surface area contributed by atoms with Crippen LogP contribution in [0.15, 0.2) is 68.5 Å². The van der Waals surface area contributed by atoms with Crippen molar-refractivity contribution >= 4 is 49.9 Å². The maximum atomic E-state index is 11.0. The highest BCUT2D eigenvalue weighted by Gasteiger charge is 2.20. The lowest BCUT2D eigenvalue weighted by atomic mass is 10.1. The fourth-order valence-corrected chi connectivity index (χ4v) is 3.55. The predicted molar refractivity (Wildman–Crippen MR) is 126 cm³/mol. The second-order valence-electron chi connectivity index (χ2n) is 6.72. The van der Waals surface area contributed by atoms with Crippen LogP contribution in [-0.2, 0) is 0 Å². The number of anilines is 1. The first-order valence-corrected chi connectivity index (χ1v) is 10.3. The fraction of sp³-hybridized carbons (Fsp3) is 0. The Morgan fingerprint density at radius 3 is 2.25 bits per heavy atom. The van der Waals surface area contributed by atoms with E-state index in [1.807, 2.05) is 0 Å². The van der Waals surface area contributed by atoms with E-state index in [0.29, 0.717) is 5.69 Å². The van der Waals surface area contributed by atoms with E-state index in [-0.39, 0.29) is 50.0 Å². The standard InChI is InChI=1S/C22H15BrN2O6S/c23-10-1-3-11(4-2-10)24-22(32)25-19-18-16(29)8-13(27)9-17(18)31-21(20(19)30)14-6-5-12(26)7-15(14)28/h1-9,26-30H,(H,24,32)/b25-19+. The van der Waals surface area contributed by atoms with Gasteiger partial charge >= 0.3 is 0 Å². The van der Waals surface area contributed by atoms with Gasteiger partial charge in [-0.3, -0.25) is 0 Å². The molecular weight excluding hydrogens is 500 g/mol. The van der Waals surface area contributed by atoms with Crippen molar-refractivity contribution in [1.82, 2.24) is 0 Å². The van der Waals surface area contributed by atoms with Gasteiger partial charge in [0.1, 0.15) is 33.9 Å². The number of hydrogen-bond donors (Lipinski definition) is 6. The molecule has 0 unspecified atom stereocenters. The molecule has 1 aromatic heterocycles. The topological polar surface area (TPSA) is 139 Å². The molecule has 10 heteroatoms. The maximum absolute atomic E-state index is 11.0. The van der Waals surface area contributed by atoms with Gasteiger partial charge in [-0.1, -0.05) is 15.9 Å². The molecule has 0 aliphatic carbocycles. The van der Waals surface area contributed by atoms with Crippen LogP contribution in [0.4, 0.5) is 5.69 Å². The number of nitrogens with one attached hydrogen (secondary N) is 1. The molecule has 0 aliphatic rings. The predicted octanol–water partition coefficient (Wildman–Crippen LogP) is 4.69. The van der Waals surface area contributed by atoms with E-state index in [9.17, 15) is 25.5 Å². The van der Waals surface area contributed by atoms with Crippen molar-refractivity contribution in [2.24, 2.45) is 4.99 Å². The average molecular weight is 515 g/mol. The molecule has 0 spiro atoms. The van der Waals surface area contributed by atoms with Crippen LogP contribution in [0.25, 0.3) is 22.3 Å². The van der Waals surface area contributed by atoms with Crippen molar-refractivity contribution in [2.45, 2.75) is 0 Å². The molecule has 6 N–H and O–H groups in total. The number of fused-ring (bicyclic) bond motifs is 1. The number of halogens is 1. The van der Waals surface area contributed by atoms with Crippen molar-refractivity contribution in [3.05, 3.63) is 64.4 Å². The summed E-state index contributed by atoms with van der Waals surface area (Å²) in [6.07, 6.45) is 0. The Morgan fingerprint density at radius 1 is 0.875 bits per heavy atom. The van der Waals surface area contributed by atoms with Gasteiger partial charge in [-0.05, 0) is 48.6 Å². The van der Waals surface area contributed by atoms with E-state index in [4.69, 9.17) is 16.6 Å². The van der Waals surface area contributed by atoms with Gasteiger partial charge in [0.05, 0.1) is 10.9 Å². The smallest absolute Gasteiger partial charge is 0.197 e. The van der Waals surface area contributed by atoms with Crippen molar-refractivity contribution < 1.29 is 29.9 Å². The van der Waals surface area contributed by atoms with Gasteiger partial charge in [-0.15, -0.1) is 0 Å². The molecular formula is C22H15BrN2O6S. The average Bonchev–Trinajstić information content (AvgIpc) is 2.71. The van der Waals surface area contributed by atoms with Gasteiger partial charge in [0.15, 0.2) is 16.6 Å². The molecule has 0 radical (unpaired) electrons. The molecule has 0 aliphatic heterocycles. The second-order valence-corrected chi connectivity index (χ2v) is 8.02. The minimum absolute atomic E-state index is 0.00211. The van der Waals surface area contributed by atoms with Gasteiger partial charge in [0.25, 0.3) is 0 Å². The first-order valence-electron chi connectivity index (χ1n) is 9.08. The molecule has 4 aromatic rings. The van der Waals surface area contributed by atoms with Gasteiger partial charge in [0.2, 0.25) is 0 Å². The van der Waals surface area contributed by atoms with E-state index in [2.05, 4.69) is 26.2 Å². The van der Waals surface area contributed by atoms with E-state index >= 15 is 0 Å². The molecule has 8 nitrogen and oxygen atoms in total. The lowest BCUT2D eigenvalue weighted by Gasteiger charge is -2.11. The summed E-state index contributed by atoms with van der Waals surface area (Å²) < 4.78 is 6.55. The summed E-state index contributed by atoms with van der Waals surface area (Å²) in [7, 11) is 0. The molecule has 4 rings (SSSR count). The summed E-state index contributed by atoms with van der Waals surface area (Å²) in [6, 6.07) is 13.1. The Labute approximate surface area is 194 Å². The highest BCUT2D eigenvalue weighted by Crippen LogP contribution is 2.39. The number of nitrogens with zero attached hydrogens (tertiary/aromatic N) is 1. The molecule has 0 amide bonds. The van der Waals surface area contributed by atoms with Crippen LogP contribution in [0.1, 0.15) is 0 Å². The monoisotopic (exact) mass is 514 g/mol. The number of aromatic hydroxyl groups is 5. The summed E-state index contributed by atoms with van der Waals surface area (Å²) in [4.78, 5) is 4.25. The third-order valence-electron chi connectivity index (χ3n) is 4.49. The lowest BCUT2D eigenvalue weighted by Crippen LogP contribution is -2.14. The fourth-order valence-electron chi connectivity index (χ4n) is 3.08. The largest absolute Gasteiger partial charge is 0.508 e. The molecule has 0 saturated carbocycles. The molecule has 32 heavy (non-hydrogen) atoms. The minimum atomic E-state index is -0.514. The minimum Gasteiger partial charge on any atom is -0.508 e. The molecule has 0 saturated heterocycles. The highest BCUT2D eigenvalue weighted by atomic mass is 79.9. The van der Waals surface area contributed by atoms with E-state index in [1.165, 1.54) is 18.2 Å². The molecule has 1 heterocycles. The number of phenols is 4. The Morgan fingerprint density at radius 2 is 1.56 bits per heavy atom. The second kappa shape index (κ2) is 8.40. The zero-order valence-corrected chi connectivity index (χ0v) is 18.5. The van der Waals surface area contributed by atoms with E-state index in [1.54, 1.807) is 24.3 Å². The summed E-state index contributed by atoms with van der Waals surface area (Å²) >= 11 is 8.65. The van der Waals surface area contributed by atoms with Crippen LogP contribution < -0.4 is 10.7 Å². The number of thiocarbonyl (C=S) groups is 1. The SMILES string of the molecule is Oc1ccc(-c2oc3cc(O)cc(O)c3/c(=N\C(=S)Nc3ccc(Br)cc3)c2O)c(O)c1. The summed E-state index contributed by atoms with van der Waals surface area (Å²) in [5.41, 5.74) is 0.672. The summed E-state index contributed by atoms with van der Waals surface area (Å²) in [5.74, 6) is -1.96. The Bertz CT molecular complexity index is 1430. The first-order chi connectivity index (χ1) is 15.2. The van der Waals surface area contributed by atoms with Crippen molar-refractivity contribution in [3.8, 4) is 40.1 Å². The number of benzene rings is 3. The maximum Gasteiger partial charge on any atom is 0.197 e. The summed E-state index contributed by atoms with van der Waals surface area (Å²) in [5, 5.41) is 53.8. The zero-order valence-electron chi connectivity index (χ0n) is 16.1. The lowest BCUT2D eigenvalue weighted by molar-refractivity contribution is 0.432. The van der Waals surface area contributed by atoms with Crippen LogP contribution in [0.5, 0.6) is 28.7 Å². The summed E-state index contributed by atoms with van der Waals surface area (Å²) in [6.45, 7) is 0. The van der Waals surface area contributed by atoms with Crippen molar-refractivity contribution in [1.29, 1.82) is 0 Å². The Balaban J connectivity index is 1.95.